The Morgan fingerprint density at radius 2 is 1.97 bits per heavy atom. The number of halogens is 1. The molecule has 0 spiro atoms. The average Bonchev–Trinajstić information content (AvgIpc) is 3.39. The summed E-state index contributed by atoms with van der Waals surface area (Å²) in [5.74, 6) is 0.440. The average molecular weight is 408 g/mol. The first-order chi connectivity index (χ1) is 14.2. The van der Waals surface area contributed by atoms with E-state index in [0.717, 1.165) is 5.56 Å². The van der Waals surface area contributed by atoms with Gasteiger partial charge in [-0.3, -0.25) is 9.48 Å². The number of carbonyl (C=O) groups excluding carboxylic acids is 1. The standard InChI is InChI=1S/C21H18ClN5O2/c22-18-6-2-7-20(11-18)29-15-27-14-19(12-24-27)25-21(28)17-5-1-4-16(10-17)13-26-9-3-8-23-26/h1-12,14H,13,15H2,(H,25,28). The molecule has 4 aromatic rings. The number of nitrogens with zero attached hydrogens (tertiary/aromatic N) is 4. The lowest BCUT2D eigenvalue weighted by atomic mass is 10.1. The second-order valence-electron chi connectivity index (χ2n) is 6.36. The van der Waals surface area contributed by atoms with Gasteiger partial charge in [0.25, 0.3) is 5.91 Å². The van der Waals surface area contributed by atoms with E-state index in [9.17, 15) is 4.79 Å². The van der Waals surface area contributed by atoms with Crippen LogP contribution in [0.4, 0.5) is 5.69 Å². The molecule has 2 aromatic heterocycles. The molecule has 0 saturated carbocycles. The van der Waals surface area contributed by atoms with Crippen molar-refractivity contribution >= 4 is 23.2 Å². The second-order valence-corrected chi connectivity index (χ2v) is 6.79. The van der Waals surface area contributed by atoms with Crippen LogP contribution in [0.2, 0.25) is 5.02 Å². The Labute approximate surface area is 172 Å². The van der Waals surface area contributed by atoms with Gasteiger partial charge in [0.2, 0.25) is 0 Å². The molecule has 1 N–H and O–H groups in total. The molecule has 0 atom stereocenters. The van der Waals surface area contributed by atoms with Crippen LogP contribution in [0.1, 0.15) is 15.9 Å². The topological polar surface area (TPSA) is 74.0 Å². The van der Waals surface area contributed by atoms with Gasteiger partial charge in [-0.2, -0.15) is 10.2 Å². The van der Waals surface area contributed by atoms with Crippen molar-refractivity contribution in [1.82, 2.24) is 19.6 Å². The fourth-order valence-corrected chi connectivity index (χ4v) is 2.97. The third kappa shape index (κ3) is 5.03. The zero-order valence-electron chi connectivity index (χ0n) is 15.4. The second kappa shape index (κ2) is 8.62. The predicted octanol–water partition coefficient (Wildman–Crippen LogP) is 4.07. The van der Waals surface area contributed by atoms with Crippen molar-refractivity contribution in [2.24, 2.45) is 0 Å². The third-order valence-corrected chi connectivity index (χ3v) is 4.38. The molecule has 0 saturated heterocycles. The van der Waals surface area contributed by atoms with Crippen LogP contribution in [0.15, 0.2) is 79.4 Å². The lowest BCUT2D eigenvalue weighted by Gasteiger charge is -2.07. The number of nitrogens with one attached hydrogen (secondary N) is 1. The molecule has 0 aliphatic heterocycles. The van der Waals surface area contributed by atoms with E-state index in [2.05, 4.69) is 15.5 Å². The van der Waals surface area contributed by atoms with Gasteiger partial charge in [0.1, 0.15) is 5.75 Å². The van der Waals surface area contributed by atoms with Crippen molar-refractivity contribution in [1.29, 1.82) is 0 Å². The normalized spacial score (nSPS) is 10.7. The van der Waals surface area contributed by atoms with E-state index >= 15 is 0 Å². The number of benzene rings is 2. The van der Waals surface area contributed by atoms with Gasteiger partial charge in [0.15, 0.2) is 6.73 Å². The SMILES string of the molecule is O=C(Nc1cnn(COc2cccc(Cl)c2)c1)c1cccc(Cn2cccn2)c1. The molecule has 4 rings (SSSR count). The van der Waals surface area contributed by atoms with Crippen LogP contribution < -0.4 is 10.1 Å². The van der Waals surface area contributed by atoms with Crippen molar-refractivity contribution in [3.8, 4) is 5.75 Å². The summed E-state index contributed by atoms with van der Waals surface area (Å²) in [7, 11) is 0. The first-order valence-corrected chi connectivity index (χ1v) is 9.32. The number of hydrogen-bond donors (Lipinski definition) is 1. The maximum absolute atomic E-state index is 12.6. The molecule has 0 unspecified atom stereocenters. The summed E-state index contributed by atoms with van der Waals surface area (Å²) in [6, 6.07) is 16.4. The van der Waals surface area contributed by atoms with Crippen LogP contribution in [0.3, 0.4) is 0 Å². The third-order valence-electron chi connectivity index (χ3n) is 4.14. The monoisotopic (exact) mass is 407 g/mol. The van der Waals surface area contributed by atoms with Gasteiger partial charge < -0.3 is 10.1 Å². The van der Waals surface area contributed by atoms with Crippen LogP contribution in [0.25, 0.3) is 0 Å². The summed E-state index contributed by atoms with van der Waals surface area (Å²) in [6.07, 6.45) is 6.89. The zero-order chi connectivity index (χ0) is 20.1. The highest BCUT2D eigenvalue weighted by Gasteiger charge is 2.09. The molecule has 0 aliphatic carbocycles. The number of ether oxygens (including phenoxy) is 1. The fourth-order valence-electron chi connectivity index (χ4n) is 2.79. The van der Waals surface area contributed by atoms with Crippen molar-refractivity contribution < 1.29 is 9.53 Å². The van der Waals surface area contributed by atoms with E-state index < -0.39 is 0 Å². The number of amides is 1. The summed E-state index contributed by atoms with van der Waals surface area (Å²) in [4.78, 5) is 12.6. The minimum atomic E-state index is -0.206. The minimum absolute atomic E-state index is 0.204. The summed E-state index contributed by atoms with van der Waals surface area (Å²) in [5.41, 5.74) is 2.15. The molecule has 0 radical (unpaired) electrons. The first kappa shape index (κ1) is 18.8. The zero-order valence-corrected chi connectivity index (χ0v) is 16.2. The first-order valence-electron chi connectivity index (χ1n) is 8.94. The molecule has 2 heterocycles. The smallest absolute Gasteiger partial charge is 0.255 e. The molecule has 0 aliphatic rings. The Morgan fingerprint density at radius 3 is 2.79 bits per heavy atom. The Balaban J connectivity index is 1.36. The highest BCUT2D eigenvalue weighted by atomic mass is 35.5. The van der Waals surface area contributed by atoms with Gasteiger partial charge in [0, 0.05) is 23.0 Å². The number of hydrogen-bond acceptors (Lipinski definition) is 4. The number of carbonyl (C=O) groups is 1. The largest absolute Gasteiger partial charge is 0.471 e. The molecule has 29 heavy (non-hydrogen) atoms. The van der Waals surface area contributed by atoms with E-state index in [-0.39, 0.29) is 12.6 Å². The quantitative estimate of drug-likeness (QED) is 0.501. The predicted molar refractivity (Wildman–Crippen MR) is 110 cm³/mol. The van der Waals surface area contributed by atoms with Crippen molar-refractivity contribution in [3.63, 3.8) is 0 Å². The molecule has 0 fully saturated rings. The summed E-state index contributed by atoms with van der Waals surface area (Å²) in [6.45, 7) is 0.808. The lowest BCUT2D eigenvalue weighted by molar-refractivity contribution is 0.102. The Kier molecular flexibility index (Phi) is 5.58. The summed E-state index contributed by atoms with van der Waals surface area (Å²) in [5, 5.41) is 11.8. The molecular weight excluding hydrogens is 390 g/mol. The number of aromatic nitrogens is 4. The van der Waals surface area contributed by atoms with Gasteiger partial charge in [-0.25, -0.2) is 4.68 Å². The van der Waals surface area contributed by atoms with E-state index in [1.54, 1.807) is 46.2 Å². The van der Waals surface area contributed by atoms with E-state index in [0.29, 0.717) is 28.6 Å². The Hall–Kier alpha value is -3.58. The molecule has 8 heteroatoms. The lowest BCUT2D eigenvalue weighted by Crippen LogP contribution is -2.12. The van der Waals surface area contributed by atoms with Gasteiger partial charge in [-0.05, 0) is 42.0 Å². The molecule has 1 amide bonds. The minimum Gasteiger partial charge on any atom is -0.471 e. The molecule has 0 bridgehead atoms. The highest BCUT2D eigenvalue weighted by molar-refractivity contribution is 6.30. The molecule has 146 valence electrons. The van der Waals surface area contributed by atoms with Gasteiger partial charge in [-0.15, -0.1) is 0 Å². The van der Waals surface area contributed by atoms with Crippen LogP contribution in [0, 0.1) is 0 Å². The van der Waals surface area contributed by atoms with Crippen molar-refractivity contribution in [2.45, 2.75) is 13.3 Å². The van der Waals surface area contributed by atoms with Gasteiger partial charge in [0.05, 0.1) is 24.6 Å². The van der Waals surface area contributed by atoms with Crippen LogP contribution in [-0.2, 0) is 13.3 Å². The van der Waals surface area contributed by atoms with E-state index in [1.165, 1.54) is 0 Å². The Morgan fingerprint density at radius 1 is 1.07 bits per heavy atom. The maximum atomic E-state index is 12.6. The highest BCUT2D eigenvalue weighted by Crippen LogP contribution is 2.18. The Bertz CT molecular complexity index is 1110. The van der Waals surface area contributed by atoms with Crippen LogP contribution >= 0.6 is 11.6 Å². The van der Waals surface area contributed by atoms with Gasteiger partial charge in [-0.1, -0.05) is 29.8 Å². The number of anilines is 1. The van der Waals surface area contributed by atoms with Crippen LogP contribution in [0.5, 0.6) is 5.75 Å². The molecular formula is C21H18ClN5O2. The fraction of sp³-hybridized carbons (Fsp3) is 0.0952. The maximum Gasteiger partial charge on any atom is 0.255 e. The number of rotatable bonds is 7. The van der Waals surface area contributed by atoms with Crippen molar-refractivity contribution in [3.05, 3.63) is 95.5 Å². The summed E-state index contributed by atoms with van der Waals surface area (Å²) < 4.78 is 9.03. The van der Waals surface area contributed by atoms with E-state index in [1.807, 2.05) is 42.6 Å². The van der Waals surface area contributed by atoms with Gasteiger partial charge >= 0.3 is 0 Å². The van der Waals surface area contributed by atoms with E-state index in [4.69, 9.17) is 16.3 Å². The molecule has 2 aromatic carbocycles. The van der Waals surface area contributed by atoms with Crippen LogP contribution in [-0.4, -0.2) is 25.5 Å². The van der Waals surface area contributed by atoms with Crippen molar-refractivity contribution in [2.75, 3.05) is 5.32 Å². The molecule has 7 nitrogen and oxygen atoms in total. The summed E-state index contributed by atoms with van der Waals surface area (Å²) >= 11 is 5.94.